The maximum absolute atomic E-state index is 13.9. The molecule has 2 saturated carbocycles. The summed E-state index contributed by atoms with van der Waals surface area (Å²) in [7, 11) is 1.50. The SMILES string of the molecule is CC1CC2CC(C)CC(c3ccc(Oc4ccc(C(N(C)SC(C)(C)C)C(F)(F)F)cc4)cc3)(C1)C2. The highest BCUT2D eigenvalue weighted by Gasteiger charge is 2.46. The minimum atomic E-state index is -4.38. The Morgan fingerprint density at radius 3 is 1.83 bits per heavy atom. The van der Waals surface area contributed by atoms with Gasteiger partial charge in [-0.05, 0) is 118 Å². The first kappa shape index (κ1) is 27.4. The van der Waals surface area contributed by atoms with Gasteiger partial charge in [0.05, 0.1) is 0 Å². The fourth-order valence-electron chi connectivity index (χ4n) is 6.88. The Kier molecular flexibility index (Phi) is 7.79. The predicted octanol–water partition coefficient (Wildman–Crippen LogP) is 9.56. The lowest BCUT2D eigenvalue weighted by Gasteiger charge is -2.50. The summed E-state index contributed by atoms with van der Waals surface area (Å²) in [5, 5.41) is 0. The molecule has 2 nitrogen and oxygen atoms in total. The molecule has 4 rings (SSSR count). The summed E-state index contributed by atoms with van der Waals surface area (Å²) in [4.78, 5) is 0. The Labute approximate surface area is 219 Å². The van der Waals surface area contributed by atoms with Gasteiger partial charge in [0.15, 0.2) is 0 Å². The molecule has 36 heavy (non-hydrogen) atoms. The average Bonchev–Trinajstić information content (AvgIpc) is 2.72. The van der Waals surface area contributed by atoms with E-state index in [9.17, 15) is 13.2 Å². The van der Waals surface area contributed by atoms with Gasteiger partial charge in [-0.15, -0.1) is 0 Å². The Morgan fingerprint density at radius 1 is 0.861 bits per heavy atom. The second-order valence-electron chi connectivity index (χ2n) is 12.3. The highest BCUT2D eigenvalue weighted by molar-refractivity contribution is 7.98. The van der Waals surface area contributed by atoms with E-state index in [1.54, 1.807) is 12.1 Å². The Bertz CT molecular complexity index is 993. The first-order valence-electron chi connectivity index (χ1n) is 13.1. The molecule has 0 N–H and O–H groups in total. The molecule has 0 heterocycles. The Balaban J connectivity index is 1.48. The van der Waals surface area contributed by atoms with Crippen LogP contribution in [0, 0.1) is 17.8 Å². The summed E-state index contributed by atoms with van der Waals surface area (Å²) >= 11 is 1.19. The van der Waals surface area contributed by atoms with Crippen molar-refractivity contribution in [1.29, 1.82) is 0 Å². The van der Waals surface area contributed by atoms with Crippen LogP contribution in [0.4, 0.5) is 13.2 Å². The quantitative estimate of drug-likeness (QED) is 0.353. The van der Waals surface area contributed by atoms with Crippen LogP contribution in [0.1, 0.15) is 83.9 Å². The van der Waals surface area contributed by atoms with E-state index in [1.807, 2.05) is 32.9 Å². The summed E-state index contributed by atoms with van der Waals surface area (Å²) in [5.74, 6) is 3.58. The number of alkyl halides is 3. The Hall–Kier alpha value is -1.66. The van der Waals surface area contributed by atoms with E-state index in [4.69, 9.17) is 4.74 Å². The fraction of sp³-hybridized carbons (Fsp3) is 0.600. The number of hydrogen-bond donors (Lipinski definition) is 0. The van der Waals surface area contributed by atoms with Gasteiger partial charge >= 0.3 is 6.18 Å². The van der Waals surface area contributed by atoms with Crippen molar-refractivity contribution >= 4 is 11.9 Å². The van der Waals surface area contributed by atoms with E-state index in [0.717, 1.165) is 17.8 Å². The van der Waals surface area contributed by atoms with Crippen molar-refractivity contribution < 1.29 is 17.9 Å². The number of fused-ring (bicyclic) bond motifs is 2. The number of halogens is 3. The molecule has 2 aliphatic rings. The second-order valence-corrected chi connectivity index (χ2v) is 14.3. The van der Waals surface area contributed by atoms with Crippen LogP contribution >= 0.6 is 11.9 Å². The lowest BCUT2D eigenvalue weighted by atomic mass is 9.54. The van der Waals surface area contributed by atoms with Crippen LogP contribution in [-0.2, 0) is 5.41 Å². The topological polar surface area (TPSA) is 12.5 Å². The maximum Gasteiger partial charge on any atom is 0.408 e. The van der Waals surface area contributed by atoms with Gasteiger partial charge in [0.2, 0.25) is 0 Å². The van der Waals surface area contributed by atoms with Gasteiger partial charge in [0.1, 0.15) is 17.5 Å². The van der Waals surface area contributed by atoms with Crippen LogP contribution in [0.15, 0.2) is 48.5 Å². The van der Waals surface area contributed by atoms with E-state index in [0.29, 0.717) is 11.5 Å². The molecule has 2 aromatic carbocycles. The molecule has 0 saturated heterocycles. The molecule has 2 bridgehead atoms. The molecule has 198 valence electrons. The van der Waals surface area contributed by atoms with Crippen LogP contribution in [0.2, 0.25) is 0 Å². The molecule has 0 spiro atoms. The molecule has 2 aromatic rings. The zero-order valence-corrected chi connectivity index (χ0v) is 23.2. The number of nitrogens with zero attached hydrogens (tertiary/aromatic N) is 1. The molecule has 0 aromatic heterocycles. The van der Waals surface area contributed by atoms with Gasteiger partial charge in [-0.25, -0.2) is 4.31 Å². The number of hydrogen-bond acceptors (Lipinski definition) is 3. The van der Waals surface area contributed by atoms with Crippen molar-refractivity contribution in [3.63, 3.8) is 0 Å². The highest BCUT2D eigenvalue weighted by atomic mass is 32.2. The second kappa shape index (κ2) is 10.2. The van der Waals surface area contributed by atoms with E-state index in [1.165, 1.54) is 73.1 Å². The van der Waals surface area contributed by atoms with Crippen LogP contribution < -0.4 is 4.74 Å². The van der Waals surface area contributed by atoms with E-state index in [-0.39, 0.29) is 15.7 Å². The third-order valence-corrected chi connectivity index (χ3v) is 8.67. The summed E-state index contributed by atoms with van der Waals surface area (Å²) in [6, 6.07) is 13.0. The van der Waals surface area contributed by atoms with Gasteiger partial charge in [0.25, 0.3) is 0 Å². The Morgan fingerprint density at radius 2 is 1.36 bits per heavy atom. The summed E-state index contributed by atoms with van der Waals surface area (Å²) in [6.07, 6.45) is 2.10. The predicted molar refractivity (Wildman–Crippen MR) is 143 cm³/mol. The van der Waals surface area contributed by atoms with E-state index < -0.39 is 12.2 Å². The lowest BCUT2D eigenvalue weighted by Crippen LogP contribution is -2.42. The summed E-state index contributed by atoms with van der Waals surface area (Å²) in [5.41, 5.74) is 1.88. The van der Waals surface area contributed by atoms with Gasteiger partial charge in [-0.3, -0.25) is 0 Å². The van der Waals surface area contributed by atoms with E-state index in [2.05, 4.69) is 26.0 Å². The van der Waals surface area contributed by atoms with Crippen molar-refractivity contribution in [2.45, 2.75) is 89.1 Å². The normalized spacial score (nSPS) is 27.7. The van der Waals surface area contributed by atoms with Crippen LogP contribution in [-0.4, -0.2) is 22.3 Å². The first-order valence-corrected chi connectivity index (χ1v) is 13.9. The molecule has 2 aliphatic carbocycles. The molecule has 0 aliphatic heterocycles. The maximum atomic E-state index is 13.9. The minimum absolute atomic E-state index is 0.205. The highest BCUT2D eigenvalue weighted by Crippen LogP contribution is 2.54. The number of rotatable bonds is 6. The third-order valence-electron chi connectivity index (χ3n) is 7.62. The van der Waals surface area contributed by atoms with Crippen LogP contribution in [0.5, 0.6) is 11.5 Å². The van der Waals surface area contributed by atoms with Crippen molar-refractivity contribution in [3.05, 3.63) is 59.7 Å². The van der Waals surface area contributed by atoms with E-state index >= 15 is 0 Å². The smallest absolute Gasteiger partial charge is 0.408 e. The van der Waals surface area contributed by atoms with Crippen LogP contribution in [0.3, 0.4) is 0 Å². The summed E-state index contributed by atoms with van der Waals surface area (Å²) in [6.45, 7) is 10.5. The molecule has 2 fully saturated rings. The summed E-state index contributed by atoms with van der Waals surface area (Å²) < 4.78 is 48.8. The van der Waals surface area contributed by atoms with Gasteiger partial charge in [0, 0.05) is 4.75 Å². The van der Waals surface area contributed by atoms with Crippen LogP contribution in [0.25, 0.3) is 0 Å². The molecule has 3 atom stereocenters. The third kappa shape index (κ3) is 6.42. The van der Waals surface area contributed by atoms with Gasteiger partial charge in [-0.2, -0.15) is 13.2 Å². The molecule has 0 amide bonds. The first-order chi connectivity index (χ1) is 16.7. The molecule has 3 unspecified atom stereocenters. The largest absolute Gasteiger partial charge is 0.457 e. The van der Waals surface area contributed by atoms with Crippen molar-refractivity contribution in [3.8, 4) is 11.5 Å². The zero-order chi connectivity index (χ0) is 26.3. The average molecular weight is 520 g/mol. The molecular weight excluding hydrogens is 479 g/mol. The van der Waals surface area contributed by atoms with Crippen molar-refractivity contribution in [1.82, 2.24) is 4.31 Å². The fourth-order valence-corrected chi connectivity index (χ4v) is 8.09. The number of benzene rings is 2. The van der Waals surface area contributed by atoms with Crippen molar-refractivity contribution in [2.75, 3.05) is 7.05 Å². The van der Waals surface area contributed by atoms with Crippen molar-refractivity contribution in [2.24, 2.45) is 17.8 Å². The monoisotopic (exact) mass is 519 g/mol. The minimum Gasteiger partial charge on any atom is -0.457 e. The lowest BCUT2D eigenvalue weighted by molar-refractivity contribution is -0.170. The zero-order valence-electron chi connectivity index (χ0n) is 22.4. The molecule has 6 heteroatoms. The number of ether oxygens (including phenoxy) is 1. The van der Waals surface area contributed by atoms with Gasteiger partial charge in [-0.1, -0.05) is 50.1 Å². The standard InChI is InChI=1S/C30H40F3NOS/c1-20-15-22-16-21(2)18-29(17-20,19-22)24-9-13-26(14-10-24)35-25-11-7-23(8-12-25)27(30(31,32)33)34(6)36-28(3,4)5/h7-14,20-22,27H,15-19H2,1-6H3. The van der Waals surface area contributed by atoms with Gasteiger partial charge < -0.3 is 4.74 Å². The molecular formula is C30H40F3NOS. The molecule has 0 radical (unpaired) electrons.